The second kappa shape index (κ2) is 7.78. The summed E-state index contributed by atoms with van der Waals surface area (Å²) in [4.78, 5) is 11.0. The van der Waals surface area contributed by atoms with Crippen molar-refractivity contribution in [3.05, 3.63) is 88.6 Å². The van der Waals surface area contributed by atoms with Gasteiger partial charge in [0.05, 0.1) is 11.8 Å². The van der Waals surface area contributed by atoms with Crippen LogP contribution >= 0.6 is 0 Å². The number of rotatable bonds is 5. The highest BCUT2D eigenvalue weighted by Gasteiger charge is 2.33. The van der Waals surface area contributed by atoms with Crippen LogP contribution < -0.4 is 0 Å². The van der Waals surface area contributed by atoms with Crippen LogP contribution in [0.3, 0.4) is 0 Å². The summed E-state index contributed by atoms with van der Waals surface area (Å²) in [6.45, 7) is 1.96. The van der Waals surface area contributed by atoms with E-state index in [1.54, 1.807) is 6.20 Å². The minimum Gasteiger partial charge on any atom is -0.356 e. The molecule has 1 heterocycles. The van der Waals surface area contributed by atoms with Crippen molar-refractivity contribution in [2.24, 2.45) is 0 Å². The number of nitrogens with zero attached hydrogens (tertiary/aromatic N) is 1. The maximum atomic E-state index is 13.4. The molecule has 0 aliphatic rings. The van der Waals surface area contributed by atoms with E-state index in [1.807, 2.05) is 43.3 Å². The van der Waals surface area contributed by atoms with Gasteiger partial charge in [-0.25, -0.2) is 0 Å². The molecule has 152 valence electrons. The Kier molecular flexibility index (Phi) is 5.16. The largest absolute Gasteiger partial charge is 0.416 e. The van der Waals surface area contributed by atoms with Gasteiger partial charge in [0.1, 0.15) is 6.29 Å². The van der Waals surface area contributed by atoms with Crippen LogP contribution in [0.5, 0.6) is 0 Å². The van der Waals surface area contributed by atoms with Crippen molar-refractivity contribution in [3.63, 3.8) is 0 Å². The van der Waals surface area contributed by atoms with E-state index in [2.05, 4.69) is 5.16 Å². The maximum Gasteiger partial charge on any atom is 0.416 e. The van der Waals surface area contributed by atoms with Gasteiger partial charge in [-0.3, -0.25) is 4.79 Å². The molecule has 0 unspecified atom stereocenters. The van der Waals surface area contributed by atoms with Crippen molar-refractivity contribution in [2.45, 2.75) is 25.9 Å². The van der Waals surface area contributed by atoms with E-state index in [4.69, 9.17) is 4.52 Å². The molecule has 0 radical (unpaired) electrons. The number of aldehydes is 1. The molecule has 0 aliphatic heterocycles. The SMILES string of the molecule is Cc1c(CCc2cc(C=O)ccc2C(F)(F)F)cccc1-c1ccc2cnoc2c1. The van der Waals surface area contributed by atoms with Crippen LogP contribution in [0.1, 0.15) is 32.6 Å². The van der Waals surface area contributed by atoms with Crippen LogP contribution in [0.15, 0.2) is 65.3 Å². The number of halogens is 3. The predicted molar refractivity (Wildman–Crippen MR) is 108 cm³/mol. The van der Waals surface area contributed by atoms with Crippen molar-refractivity contribution in [1.82, 2.24) is 5.16 Å². The van der Waals surface area contributed by atoms with Crippen molar-refractivity contribution in [3.8, 4) is 11.1 Å². The first kappa shape index (κ1) is 19.9. The van der Waals surface area contributed by atoms with Crippen LogP contribution in [-0.2, 0) is 19.0 Å². The highest BCUT2D eigenvalue weighted by molar-refractivity contribution is 5.83. The third-order valence-corrected chi connectivity index (χ3v) is 5.35. The van der Waals surface area contributed by atoms with Crippen LogP contribution in [0.25, 0.3) is 22.1 Å². The number of aromatic nitrogens is 1. The summed E-state index contributed by atoms with van der Waals surface area (Å²) in [7, 11) is 0. The summed E-state index contributed by atoms with van der Waals surface area (Å²) in [6, 6.07) is 15.1. The zero-order chi connectivity index (χ0) is 21.3. The van der Waals surface area contributed by atoms with E-state index < -0.39 is 11.7 Å². The Hall–Kier alpha value is -3.41. The van der Waals surface area contributed by atoms with Gasteiger partial charge >= 0.3 is 6.18 Å². The Morgan fingerprint density at radius 2 is 1.80 bits per heavy atom. The monoisotopic (exact) mass is 409 g/mol. The summed E-state index contributed by atoms with van der Waals surface area (Å²) < 4.78 is 45.4. The molecule has 1 aromatic heterocycles. The minimum absolute atomic E-state index is 0.125. The summed E-state index contributed by atoms with van der Waals surface area (Å²) in [5.41, 5.74) is 4.24. The first-order chi connectivity index (χ1) is 14.4. The fourth-order valence-electron chi connectivity index (χ4n) is 3.73. The molecular weight excluding hydrogens is 391 g/mol. The molecular formula is C24H18F3NO2. The number of carbonyl (C=O) groups is 1. The van der Waals surface area contributed by atoms with Gasteiger partial charge in [0.2, 0.25) is 0 Å². The molecule has 0 spiro atoms. The molecule has 0 saturated carbocycles. The van der Waals surface area contributed by atoms with Crippen LogP contribution in [-0.4, -0.2) is 11.4 Å². The normalized spacial score (nSPS) is 11.7. The number of benzene rings is 3. The van der Waals surface area contributed by atoms with E-state index in [9.17, 15) is 18.0 Å². The Balaban J connectivity index is 1.65. The molecule has 3 aromatic carbocycles. The Labute approximate surface area is 171 Å². The molecule has 30 heavy (non-hydrogen) atoms. The Bertz CT molecular complexity index is 1220. The van der Waals surface area contributed by atoms with Gasteiger partial charge in [0, 0.05) is 10.9 Å². The molecule has 0 bridgehead atoms. The molecule has 0 amide bonds. The van der Waals surface area contributed by atoms with Gasteiger partial charge < -0.3 is 4.52 Å². The third-order valence-electron chi connectivity index (χ3n) is 5.35. The van der Waals surface area contributed by atoms with Gasteiger partial charge in [0.25, 0.3) is 0 Å². The third kappa shape index (κ3) is 3.85. The molecule has 3 nitrogen and oxygen atoms in total. The molecule has 0 saturated heterocycles. The zero-order valence-corrected chi connectivity index (χ0v) is 16.2. The van der Waals surface area contributed by atoms with Crippen molar-refractivity contribution < 1.29 is 22.5 Å². The Morgan fingerprint density at radius 1 is 1.00 bits per heavy atom. The van der Waals surface area contributed by atoms with Gasteiger partial charge in [-0.15, -0.1) is 0 Å². The number of fused-ring (bicyclic) bond motifs is 1. The second-order valence-electron chi connectivity index (χ2n) is 7.20. The molecule has 6 heteroatoms. The summed E-state index contributed by atoms with van der Waals surface area (Å²) in [6.07, 6.45) is -1.64. The predicted octanol–water partition coefficient (Wildman–Crippen LogP) is 6.42. The van der Waals surface area contributed by atoms with Crippen molar-refractivity contribution >= 4 is 17.3 Å². The average Bonchev–Trinajstić information content (AvgIpc) is 3.20. The van der Waals surface area contributed by atoms with Crippen LogP contribution in [0.4, 0.5) is 13.2 Å². The standard InChI is InChI=1S/C24H18F3NO2/c1-15-17(6-8-19-11-16(14-29)5-10-22(19)24(25,26)27)3-2-4-21(15)18-7-9-20-13-28-30-23(20)12-18/h2-5,7,9-14H,6,8H2,1H3. The highest BCUT2D eigenvalue weighted by Crippen LogP contribution is 2.34. The number of aryl methyl sites for hydroxylation is 2. The maximum absolute atomic E-state index is 13.4. The van der Waals surface area contributed by atoms with Crippen molar-refractivity contribution in [1.29, 1.82) is 0 Å². The highest BCUT2D eigenvalue weighted by atomic mass is 19.4. The molecule has 0 aliphatic carbocycles. The molecule has 0 atom stereocenters. The molecule has 0 fully saturated rings. The van der Waals surface area contributed by atoms with Crippen LogP contribution in [0, 0.1) is 6.92 Å². The zero-order valence-electron chi connectivity index (χ0n) is 16.2. The average molecular weight is 409 g/mol. The first-order valence-corrected chi connectivity index (χ1v) is 9.45. The lowest BCUT2D eigenvalue weighted by atomic mass is 9.91. The molecule has 4 aromatic rings. The smallest absolute Gasteiger partial charge is 0.356 e. The van der Waals surface area contributed by atoms with E-state index >= 15 is 0 Å². The van der Waals surface area contributed by atoms with Gasteiger partial charge in [-0.2, -0.15) is 13.2 Å². The quantitative estimate of drug-likeness (QED) is 0.357. The summed E-state index contributed by atoms with van der Waals surface area (Å²) >= 11 is 0. The lowest BCUT2D eigenvalue weighted by molar-refractivity contribution is -0.138. The van der Waals surface area contributed by atoms with Gasteiger partial charge in [0.15, 0.2) is 5.58 Å². The first-order valence-electron chi connectivity index (χ1n) is 9.45. The van der Waals surface area contributed by atoms with E-state index in [0.29, 0.717) is 18.3 Å². The van der Waals surface area contributed by atoms with Gasteiger partial charge in [-0.1, -0.05) is 35.5 Å². The molecule has 0 N–H and O–H groups in total. The second-order valence-corrected chi connectivity index (χ2v) is 7.20. The summed E-state index contributed by atoms with van der Waals surface area (Å²) in [5, 5.41) is 4.69. The molecule has 4 rings (SSSR count). The van der Waals surface area contributed by atoms with Gasteiger partial charge in [-0.05, 0) is 71.8 Å². The minimum atomic E-state index is -4.46. The fourth-order valence-corrected chi connectivity index (χ4v) is 3.73. The Morgan fingerprint density at radius 3 is 2.57 bits per heavy atom. The van der Waals surface area contributed by atoms with E-state index in [0.717, 1.165) is 33.7 Å². The fraction of sp³-hybridized carbons (Fsp3) is 0.167. The van der Waals surface area contributed by atoms with Crippen LogP contribution in [0.2, 0.25) is 0 Å². The summed E-state index contributed by atoms with van der Waals surface area (Å²) in [5.74, 6) is 0. The number of carbonyl (C=O) groups excluding carboxylic acids is 1. The number of hydrogen-bond acceptors (Lipinski definition) is 3. The topological polar surface area (TPSA) is 43.1 Å². The van der Waals surface area contributed by atoms with E-state index in [-0.39, 0.29) is 17.5 Å². The van der Waals surface area contributed by atoms with Crippen molar-refractivity contribution in [2.75, 3.05) is 0 Å². The number of alkyl halides is 3. The number of hydrogen-bond donors (Lipinski definition) is 0. The lowest BCUT2D eigenvalue weighted by Crippen LogP contribution is -2.10. The lowest BCUT2D eigenvalue weighted by Gasteiger charge is -2.15. The van der Waals surface area contributed by atoms with E-state index in [1.165, 1.54) is 12.1 Å².